The van der Waals surface area contributed by atoms with E-state index in [0.717, 1.165) is 66.3 Å². The molecule has 4 heteroatoms. The molecule has 0 atom stereocenters. The number of hydrogen-bond donors (Lipinski definition) is 0. The molecule has 0 aliphatic rings. The Hall–Kier alpha value is -7.69. The highest BCUT2D eigenvalue weighted by Gasteiger charge is 2.18. The topological polar surface area (TPSA) is 51.8 Å². The lowest BCUT2D eigenvalue weighted by Crippen LogP contribution is -2.00. The van der Waals surface area contributed by atoms with Gasteiger partial charge in [-0.05, 0) is 91.3 Å². The van der Waals surface area contributed by atoms with Crippen LogP contribution in [-0.2, 0) is 0 Å². The molecule has 0 aliphatic heterocycles. The van der Waals surface area contributed by atoms with Crippen LogP contribution in [0.2, 0.25) is 0 Å². The molecular formula is C53H33N3O. The fourth-order valence-corrected chi connectivity index (χ4v) is 7.97. The molecule has 9 aromatic carbocycles. The lowest BCUT2D eigenvalue weighted by Gasteiger charge is -2.12. The van der Waals surface area contributed by atoms with E-state index >= 15 is 0 Å². The van der Waals surface area contributed by atoms with E-state index in [2.05, 4.69) is 140 Å². The van der Waals surface area contributed by atoms with E-state index in [9.17, 15) is 0 Å². The monoisotopic (exact) mass is 727 g/mol. The van der Waals surface area contributed by atoms with Gasteiger partial charge in [0.15, 0.2) is 17.5 Å². The Balaban J connectivity index is 1.07. The van der Waals surface area contributed by atoms with Crippen molar-refractivity contribution < 1.29 is 4.42 Å². The summed E-state index contributed by atoms with van der Waals surface area (Å²) in [7, 11) is 0. The Labute approximate surface area is 329 Å². The predicted octanol–water partition coefficient (Wildman–Crippen LogP) is 14.1. The van der Waals surface area contributed by atoms with Crippen molar-refractivity contribution in [3.8, 4) is 67.5 Å². The van der Waals surface area contributed by atoms with Gasteiger partial charge in [0.05, 0.1) is 0 Å². The highest BCUT2D eigenvalue weighted by atomic mass is 16.3. The molecule has 0 aliphatic carbocycles. The summed E-state index contributed by atoms with van der Waals surface area (Å²) < 4.78 is 6.73. The summed E-state index contributed by atoms with van der Waals surface area (Å²) in [6.07, 6.45) is 0. The SMILES string of the molecule is c1ccc(-c2nc(-c3ccccc3)nc(-c3cccc(-c4cc(-c5ccc(-c6ccc7ccccc7c6)cc5)c5c(c4)oc4cc6ccccc6cc45)c3)n2)cc1. The fraction of sp³-hybridized carbons (Fsp3) is 0. The third-order valence-electron chi connectivity index (χ3n) is 10.9. The van der Waals surface area contributed by atoms with Crippen LogP contribution in [0.25, 0.3) is 111 Å². The fourth-order valence-electron chi connectivity index (χ4n) is 7.97. The van der Waals surface area contributed by atoms with Crippen LogP contribution in [0.3, 0.4) is 0 Å². The molecular weight excluding hydrogens is 695 g/mol. The molecule has 11 rings (SSSR count). The van der Waals surface area contributed by atoms with Crippen molar-refractivity contribution in [3.05, 3.63) is 200 Å². The molecule has 0 saturated heterocycles. The standard InChI is InChI=1S/C53H33N3O/c1-3-13-37(14-4-1)51-54-52(38-15-5-2-6-16-38)56-53(55-51)44-21-11-20-40(29-44)45-31-46(50-47-30-41-18-9-10-19-42(41)32-48(47)57-49(50)33-45)36-25-22-35(23-26-36)43-27-24-34-12-7-8-17-39(34)28-43/h1-33H. The molecule has 4 nitrogen and oxygen atoms in total. The molecule has 11 aromatic rings. The van der Waals surface area contributed by atoms with E-state index in [1.165, 1.54) is 27.3 Å². The van der Waals surface area contributed by atoms with Gasteiger partial charge in [-0.1, -0.05) is 164 Å². The van der Waals surface area contributed by atoms with Crippen molar-refractivity contribution in [2.45, 2.75) is 0 Å². The Morgan fingerprint density at radius 1 is 0.281 bits per heavy atom. The maximum absolute atomic E-state index is 6.73. The maximum Gasteiger partial charge on any atom is 0.164 e. The normalized spacial score (nSPS) is 11.5. The van der Waals surface area contributed by atoms with Crippen LogP contribution in [0.15, 0.2) is 205 Å². The van der Waals surface area contributed by atoms with Gasteiger partial charge in [-0.2, -0.15) is 0 Å². The molecule has 0 spiro atoms. The van der Waals surface area contributed by atoms with Crippen LogP contribution in [0.4, 0.5) is 0 Å². The lowest BCUT2D eigenvalue weighted by molar-refractivity contribution is 0.669. The zero-order valence-electron chi connectivity index (χ0n) is 30.8. The first-order valence-corrected chi connectivity index (χ1v) is 19.2. The number of rotatable bonds is 6. The summed E-state index contributed by atoms with van der Waals surface area (Å²) in [5, 5.41) is 7.02. The van der Waals surface area contributed by atoms with E-state index in [-0.39, 0.29) is 0 Å². The Morgan fingerprint density at radius 3 is 1.47 bits per heavy atom. The third-order valence-corrected chi connectivity index (χ3v) is 10.9. The molecule has 57 heavy (non-hydrogen) atoms. The maximum atomic E-state index is 6.73. The van der Waals surface area contributed by atoms with Gasteiger partial charge in [-0.3, -0.25) is 0 Å². The number of fused-ring (bicyclic) bond motifs is 5. The molecule has 0 amide bonds. The quantitative estimate of drug-likeness (QED) is 0.171. The molecule has 2 heterocycles. The van der Waals surface area contributed by atoms with Gasteiger partial charge in [0, 0.05) is 27.5 Å². The molecule has 0 unspecified atom stereocenters. The summed E-state index contributed by atoms with van der Waals surface area (Å²) in [6, 6.07) is 70.1. The molecule has 0 radical (unpaired) electrons. The molecule has 2 aromatic heterocycles. The second kappa shape index (κ2) is 13.6. The van der Waals surface area contributed by atoms with Gasteiger partial charge in [0.1, 0.15) is 11.2 Å². The van der Waals surface area contributed by atoms with Crippen LogP contribution >= 0.6 is 0 Å². The van der Waals surface area contributed by atoms with E-state index in [1.54, 1.807) is 0 Å². The van der Waals surface area contributed by atoms with Crippen LogP contribution in [0.1, 0.15) is 0 Å². The first kappa shape index (κ1) is 32.7. The number of hydrogen-bond acceptors (Lipinski definition) is 4. The minimum absolute atomic E-state index is 0.616. The van der Waals surface area contributed by atoms with E-state index < -0.39 is 0 Å². The van der Waals surface area contributed by atoms with Crippen LogP contribution in [0.5, 0.6) is 0 Å². The molecule has 0 bridgehead atoms. The van der Waals surface area contributed by atoms with Crippen LogP contribution < -0.4 is 0 Å². The van der Waals surface area contributed by atoms with Crippen molar-refractivity contribution in [2.75, 3.05) is 0 Å². The summed E-state index contributed by atoms with van der Waals surface area (Å²) in [5.74, 6) is 1.89. The van der Waals surface area contributed by atoms with Crippen molar-refractivity contribution in [1.29, 1.82) is 0 Å². The van der Waals surface area contributed by atoms with Crippen molar-refractivity contribution in [2.24, 2.45) is 0 Å². The number of benzene rings is 9. The average molecular weight is 728 g/mol. The summed E-state index contributed by atoms with van der Waals surface area (Å²) in [6.45, 7) is 0. The van der Waals surface area contributed by atoms with Gasteiger partial charge in [-0.25, -0.2) is 15.0 Å². The van der Waals surface area contributed by atoms with E-state index in [1.807, 2.05) is 60.7 Å². The largest absolute Gasteiger partial charge is 0.456 e. The van der Waals surface area contributed by atoms with Crippen molar-refractivity contribution >= 4 is 43.5 Å². The zero-order chi connectivity index (χ0) is 37.7. The lowest BCUT2D eigenvalue weighted by atomic mass is 9.92. The Kier molecular flexibility index (Phi) is 7.78. The summed E-state index contributed by atoms with van der Waals surface area (Å²) in [4.78, 5) is 14.9. The first-order valence-electron chi connectivity index (χ1n) is 19.2. The number of aromatic nitrogens is 3. The highest BCUT2D eigenvalue weighted by Crippen LogP contribution is 2.42. The molecule has 0 fully saturated rings. The molecule has 0 N–H and O–H groups in total. The van der Waals surface area contributed by atoms with Gasteiger partial charge in [0.2, 0.25) is 0 Å². The first-order chi connectivity index (χ1) is 28.2. The second-order valence-electron chi connectivity index (χ2n) is 14.5. The average Bonchev–Trinajstić information content (AvgIpc) is 3.65. The number of furan rings is 1. The minimum Gasteiger partial charge on any atom is -0.456 e. The summed E-state index contributed by atoms with van der Waals surface area (Å²) in [5.41, 5.74) is 11.2. The van der Waals surface area contributed by atoms with Crippen molar-refractivity contribution in [3.63, 3.8) is 0 Å². The van der Waals surface area contributed by atoms with Crippen LogP contribution in [0, 0.1) is 0 Å². The zero-order valence-corrected chi connectivity index (χ0v) is 30.8. The number of nitrogens with zero attached hydrogens (tertiary/aromatic N) is 3. The van der Waals surface area contributed by atoms with Crippen LogP contribution in [-0.4, -0.2) is 15.0 Å². The van der Waals surface area contributed by atoms with Gasteiger partial charge >= 0.3 is 0 Å². The highest BCUT2D eigenvalue weighted by molar-refractivity contribution is 6.16. The van der Waals surface area contributed by atoms with Gasteiger partial charge in [0.25, 0.3) is 0 Å². The minimum atomic E-state index is 0.616. The predicted molar refractivity (Wildman–Crippen MR) is 235 cm³/mol. The smallest absolute Gasteiger partial charge is 0.164 e. The molecule has 0 saturated carbocycles. The van der Waals surface area contributed by atoms with E-state index in [4.69, 9.17) is 19.4 Å². The Bertz CT molecular complexity index is 3220. The molecule has 266 valence electrons. The van der Waals surface area contributed by atoms with Crippen molar-refractivity contribution in [1.82, 2.24) is 15.0 Å². The van der Waals surface area contributed by atoms with Gasteiger partial charge < -0.3 is 4.42 Å². The van der Waals surface area contributed by atoms with E-state index in [0.29, 0.717) is 17.5 Å². The summed E-state index contributed by atoms with van der Waals surface area (Å²) >= 11 is 0. The second-order valence-corrected chi connectivity index (χ2v) is 14.5. The van der Waals surface area contributed by atoms with Gasteiger partial charge in [-0.15, -0.1) is 0 Å². The Morgan fingerprint density at radius 2 is 0.789 bits per heavy atom. The third kappa shape index (κ3) is 6.01.